The van der Waals surface area contributed by atoms with E-state index in [2.05, 4.69) is 15.9 Å². The van der Waals surface area contributed by atoms with E-state index in [9.17, 15) is 21.6 Å². The standard InChI is InChI=1S/C13H9BrF3NO2S/c1-7-4-11(17)12(6-10(7)16)18-21(19,20)13-3-2-8(15)5-9(13)14/h2-6,18H,1H3. The molecule has 0 heterocycles. The number of aryl methyl sites for hydroxylation is 1. The fourth-order valence-electron chi connectivity index (χ4n) is 1.62. The zero-order valence-corrected chi connectivity index (χ0v) is 13.0. The Bertz CT molecular complexity index is 809. The van der Waals surface area contributed by atoms with Gasteiger partial charge in [0.15, 0.2) is 0 Å². The van der Waals surface area contributed by atoms with Gasteiger partial charge in [-0.3, -0.25) is 4.72 Å². The van der Waals surface area contributed by atoms with Crippen molar-refractivity contribution in [3.05, 3.63) is 57.8 Å². The monoisotopic (exact) mass is 379 g/mol. The molecule has 0 saturated heterocycles. The third-order valence-corrected chi connectivity index (χ3v) is 5.02. The Hall–Kier alpha value is -1.54. The summed E-state index contributed by atoms with van der Waals surface area (Å²) in [4.78, 5) is -0.288. The Morgan fingerprint density at radius 2 is 1.71 bits per heavy atom. The van der Waals surface area contributed by atoms with Gasteiger partial charge in [-0.25, -0.2) is 21.6 Å². The third kappa shape index (κ3) is 3.38. The summed E-state index contributed by atoms with van der Waals surface area (Å²) >= 11 is 2.91. The topological polar surface area (TPSA) is 46.2 Å². The Balaban J connectivity index is 2.45. The van der Waals surface area contributed by atoms with Crippen LogP contribution in [0.3, 0.4) is 0 Å². The molecule has 0 saturated carbocycles. The summed E-state index contributed by atoms with van der Waals surface area (Å²) in [5.74, 6) is -2.28. The molecule has 0 bridgehead atoms. The highest BCUT2D eigenvalue weighted by atomic mass is 79.9. The Labute approximate surface area is 128 Å². The van der Waals surface area contributed by atoms with Gasteiger partial charge < -0.3 is 0 Å². The molecule has 3 nitrogen and oxygen atoms in total. The molecular formula is C13H9BrF3NO2S. The Kier molecular flexibility index (Phi) is 4.29. The van der Waals surface area contributed by atoms with E-state index in [1.165, 1.54) is 6.92 Å². The maximum atomic E-state index is 13.7. The SMILES string of the molecule is Cc1cc(F)c(NS(=O)(=O)c2ccc(F)cc2Br)cc1F. The molecule has 0 aliphatic rings. The number of sulfonamides is 1. The molecule has 21 heavy (non-hydrogen) atoms. The molecule has 1 N–H and O–H groups in total. The summed E-state index contributed by atoms with van der Waals surface area (Å²) in [7, 11) is -4.18. The van der Waals surface area contributed by atoms with Crippen molar-refractivity contribution in [2.75, 3.05) is 4.72 Å². The van der Waals surface area contributed by atoms with Crippen molar-refractivity contribution in [3.63, 3.8) is 0 Å². The zero-order valence-electron chi connectivity index (χ0n) is 10.6. The fourth-order valence-corrected chi connectivity index (χ4v) is 3.73. The first-order chi connectivity index (χ1) is 9.70. The van der Waals surface area contributed by atoms with E-state index in [1.54, 1.807) is 0 Å². The molecule has 0 aromatic heterocycles. The van der Waals surface area contributed by atoms with Crippen LogP contribution in [0.25, 0.3) is 0 Å². The minimum Gasteiger partial charge on any atom is -0.277 e. The number of rotatable bonds is 3. The molecule has 0 amide bonds. The fraction of sp³-hybridized carbons (Fsp3) is 0.0769. The second-order valence-electron chi connectivity index (χ2n) is 4.26. The van der Waals surface area contributed by atoms with Gasteiger partial charge in [-0.1, -0.05) is 0 Å². The zero-order chi connectivity index (χ0) is 15.8. The molecule has 112 valence electrons. The summed E-state index contributed by atoms with van der Waals surface area (Å²) in [5, 5.41) is 0. The van der Waals surface area contributed by atoms with Crippen molar-refractivity contribution < 1.29 is 21.6 Å². The van der Waals surface area contributed by atoms with Gasteiger partial charge in [0.2, 0.25) is 0 Å². The van der Waals surface area contributed by atoms with Crippen molar-refractivity contribution in [2.24, 2.45) is 0 Å². The van der Waals surface area contributed by atoms with Crippen LogP contribution in [-0.2, 0) is 10.0 Å². The van der Waals surface area contributed by atoms with Crippen LogP contribution < -0.4 is 4.72 Å². The largest absolute Gasteiger partial charge is 0.277 e. The number of hydrogen-bond donors (Lipinski definition) is 1. The average molecular weight is 380 g/mol. The molecule has 2 aromatic rings. The molecule has 0 atom stereocenters. The van der Waals surface area contributed by atoms with E-state index < -0.39 is 33.2 Å². The maximum Gasteiger partial charge on any atom is 0.263 e. The second kappa shape index (κ2) is 5.69. The van der Waals surface area contributed by atoms with Crippen LogP contribution in [0.4, 0.5) is 18.9 Å². The summed E-state index contributed by atoms with van der Waals surface area (Å²) < 4.78 is 66.2. The Morgan fingerprint density at radius 3 is 2.33 bits per heavy atom. The van der Waals surface area contributed by atoms with Gasteiger partial charge in [0.25, 0.3) is 10.0 Å². The van der Waals surface area contributed by atoms with Crippen LogP contribution in [0.5, 0.6) is 0 Å². The van der Waals surface area contributed by atoms with E-state index >= 15 is 0 Å². The second-order valence-corrected chi connectivity index (χ2v) is 6.77. The van der Waals surface area contributed by atoms with E-state index in [4.69, 9.17) is 0 Å². The minimum atomic E-state index is -4.18. The summed E-state index contributed by atoms with van der Waals surface area (Å²) in [6.07, 6.45) is 0. The lowest BCUT2D eigenvalue weighted by molar-refractivity contribution is 0.589. The van der Waals surface area contributed by atoms with Gasteiger partial charge in [-0.15, -0.1) is 0 Å². The Morgan fingerprint density at radius 1 is 1.05 bits per heavy atom. The highest BCUT2D eigenvalue weighted by Crippen LogP contribution is 2.27. The molecule has 0 aliphatic heterocycles. The van der Waals surface area contributed by atoms with E-state index in [1.807, 2.05) is 4.72 Å². The highest BCUT2D eigenvalue weighted by Gasteiger charge is 2.20. The number of anilines is 1. The normalized spacial score (nSPS) is 11.5. The molecule has 0 radical (unpaired) electrons. The molecular weight excluding hydrogens is 371 g/mol. The van der Waals surface area contributed by atoms with Crippen molar-refractivity contribution in [2.45, 2.75) is 11.8 Å². The quantitative estimate of drug-likeness (QED) is 0.876. The number of nitrogens with one attached hydrogen (secondary N) is 1. The van der Waals surface area contributed by atoms with Gasteiger partial charge in [0.05, 0.1) is 5.69 Å². The van der Waals surface area contributed by atoms with E-state index in [0.717, 1.165) is 30.3 Å². The molecule has 2 aromatic carbocycles. The first-order valence-electron chi connectivity index (χ1n) is 5.64. The molecule has 0 spiro atoms. The van der Waals surface area contributed by atoms with E-state index in [0.29, 0.717) is 0 Å². The summed E-state index contributed by atoms with van der Waals surface area (Å²) in [5.41, 5.74) is -0.465. The first kappa shape index (κ1) is 15.8. The molecule has 8 heteroatoms. The lowest BCUT2D eigenvalue weighted by Gasteiger charge is -2.11. The van der Waals surface area contributed by atoms with Gasteiger partial charge in [-0.05, 0) is 52.7 Å². The minimum absolute atomic E-state index is 0.0250. The maximum absolute atomic E-state index is 13.7. The molecule has 0 aliphatic carbocycles. The highest BCUT2D eigenvalue weighted by molar-refractivity contribution is 9.10. The smallest absolute Gasteiger partial charge is 0.263 e. The predicted octanol–water partition coefficient (Wildman–Crippen LogP) is 3.98. The average Bonchev–Trinajstić information content (AvgIpc) is 2.35. The lowest BCUT2D eigenvalue weighted by atomic mass is 10.2. The van der Waals surface area contributed by atoms with Crippen LogP contribution >= 0.6 is 15.9 Å². The van der Waals surface area contributed by atoms with Crippen LogP contribution in [-0.4, -0.2) is 8.42 Å². The van der Waals surface area contributed by atoms with Crippen LogP contribution in [0.2, 0.25) is 0 Å². The predicted molar refractivity (Wildman–Crippen MR) is 76.0 cm³/mol. The van der Waals surface area contributed by atoms with Crippen molar-refractivity contribution in [3.8, 4) is 0 Å². The number of benzene rings is 2. The molecule has 2 rings (SSSR count). The van der Waals surface area contributed by atoms with Crippen LogP contribution in [0, 0.1) is 24.4 Å². The molecule has 0 fully saturated rings. The van der Waals surface area contributed by atoms with Crippen molar-refractivity contribution in [1.82, 2.24) is 0 Å². The van der Waals surface area contributed by atoms with Crippen LogP contribution in [0.1, 0.15) is 5.56 Å². The van der Waals surface area contributed by atoms with Crippen molar-refractivity contribution in [1.29, 1.82) is 0 Å². The lowest BCUT2D eigenvalue weighted by Crippen LogP contribution is -2.15. The van der Waals surface area contributed by atoms with Crippen LogP contribution in [0.15, 0.2) is 39.7 Å². The van der Waals surface area contributed by atoms with Gasteiger partial charge in [0.1, 0.15) is 22.3 Å². The summed E-state index contributed by atoms with van der Waals surface area (Å²) in [6, 6.07) is 4.56. The summed E-state index contributed by atoms with van der Waals surface area (Å²) in [6.45, 7) is 1.35. The third-order valence-electron chi connectivity index (χ3n) is 2.68. The van der Waals surface area contributed by atoms with Gasteiger partial charge in [-0.2, -0.15) is 0 Å². The molecule has 0 unspecified atom stereocenters. The van der Waals surface area contributed by atoms with Gasteiger partial charge >= 0.3 is 0 Å². The van der Waals surface area contributed by atoms with E-state index in [-0.39, 0.29) is 14.9 Å². The number of hydrogen-bond acceptors (Lipinski definition) is 2. The first-order valence-corrected chi connectivity index (χ1v) is 7.92. The van der Waals surface area contributed by atoms with Gasteiger partial charge in [0, 0.05) is 10.5 Å². The van der Waals surface area contributed by atoms with Crippen molar-refractivity contribution >= 4 is 31.6 Å². The number of halogens is 4.